The van der Waals surface area contributed by atoms with Crippen LogP contribution in [0.4, 0.5) is 0 Å². The van der Waals surface area contributed by atoms with Gasteiger partial charge in [-0.2, -0.15) is 0 Å². The fourth-order valence-corrected chi connectivity index (χ4v) is 7.65. The summed E-state index contributed by atoms with van der Waals surface area (Å²) in [5.41, 5.74) is 7.02. The maximum absolute atomic E-state index is 14.0. The summed E-state index contributed by atoms with van der Waals surface area (Å²) in [4.78, 5) is 19.0. The van der Waals surface area contributed by atoms with Gasteiger partial charge in [0.15, 0.2) is 0 Å². The second kappa shape index (κ2) is 8.98. The average molecular weight is 573 g/mol. The van der Waals surface area contributed by atoms with Crippen molar-refractivity contribution in [3.63, 3.8) is 0 Å². The molecule has 0 saturated heterocycles. The summed E-state index contributed by atoms with van der Waals surface area (Å²) in [6.45, 7) is 0. The number of fused-ring (bicyclic) bond motifs is 11. The number of para-hydroxylation sites is 1. The Balaban J connectivity index is 1.31. The largest absolute Gasteiger partial charge is 0.273 e. The van der Waals surface area contributed by atoms with Crippen molar-refractivity contribution in [3.05, 3.63) is 156 Å². The minimum Gasteiger partial charge on any atom is -0.273 e. The average Bonchev–Trinajstić information content (AvgIpc) is 3.46. The molecule has 3 nitrogen and oxygen atoms in total. The molecule has 0 N–H and O–H groups in total. The highest BCUT2D eigenvalue weighted by Gasteiger charge is 2.22. The van der Waals surface area contributed by atoms with Crippen LogP contribution in [-0.2, 0) is 0 Å². The van der Waals surface area contributed by atoms with Crippen LogP contribution in [0, 0.1) is 0 Å². The first kappa shape index (κ1) is 24.4. The van der Waals surface area contributed by atoms with E-state index in [1.807, 2.05) is 47.0 Å². The first-order valence-electron chi connectivity index (χ1n) is 15.3. The van der Waals surface area contributed by atoms with Gasteiger partial charge in [-0.15, -0.1) is 0 Å². The molecule has 3 aromatic heterocycles. The molecule has 0 amide bonds. The highest BCUT2D eigenvalue weighted by atomic mass is 16.1. The van der Waals surface area contributed by atoms with Gasteiger partial charge in [-0.05, 0) is 67.2 Å². The van der Waals surface area contributed by atoms with Crippen LogP contribution < -0.4 is 5.56 Å². The molecular weight excluding hydrogens is 548 g/mol. The fourth-order valence-electron chi connectivity index (χ4n) is 7.65. The van der Waals surface area contributed by atoms with E-state index < -0.39 is 0 Å². The van der Waals surface area contributed by atoms with Crippen molar-refractivity contribution in [2.75, 3.05) is 0 Å². The van der Waals surface area contributed by atoms with Gasteiger partial charge in [0.25, 0.3) is 5.56 Å². The molecular formula is C42H24N2O. The highest BCUT2D eigenvalue weighted by molar-refractivity contribution is 6.26. The Bertz CT molecular complexity index is 2860. The Morgan fingerprint density at radius 3 is 1.69 bits per heavy atom. The standard InChI is InChI=1S/C42H24N2O/c45-42-34-18-8-7-17-33(34)40-41-39(35-19-9-10-20-38(35)44(41)42)37(24-43-40)27-12-2-1-11-26(27)25-21-22-32-30-15-4-3-13-28(30)29-14-5-6-16-31(29)36(32)23-25/h1-24H. The lowest BCUT2D eigenvalue weighted by atomic mass is 9.89. The second-order valence-corrected chi connectivity index (χ2v) is 11.8. The summed E-state index contributed by atoms with van der Waals surface area (Å²) in [6, 6.07) is 48.8. The van der Waals surface area contributed by atoms with E-state index in [4.69, 9.17) is 4.98 Å². The van der Waals surface area contributed by atoms with Crippen molar-refractivity contribution in [1.29, 1.82) is 0 Å². The van der Waals surface area contributed by atoms with Crippen LogP contribution in [0.25, 0.3) is 92.7 Å². The van der Waals surface area contributed by atoms with E-state index in [1.54, 1.807) is 0 Å². The summed E-state index contributed by atoms with van der Waals surface area (Å²) in [5, 5.41) is 11.2. The van der Waals surface area contributed by atoms with Crippen molar-refractivity contribution >= 4 is 70.4 Å². The van der Waals surface area contributed by atoms with E-state index in [0.29, 0.717) is 5.39 Å². The van der Waals surface area contributed by atoms with E-state index in [1.165, 1.54) is 32.3 Å². The molecule has 0 aliphatic rings. The number of benzene rings is 7. The molecule has 0 bridgehead atoms. The highest BCUT2D eigenvalue weighted by Crippen LogP contribution is 2.43. The van der Waals surface area contributed by atoms with Gasteiger partial charge in [0.05, 0.1) is 16.6 Å². The topological polar surface area (TPSA) is 34.4 Å². The van der Waals surface area contributed by atoms with Crippen molar-refractivity contribution < 1.29 is 0 Å². The maximum atomic E-state index is 14.0. The summed E-state index contributed by atoms with van der Waals surface area (Å²) in [6.07, 6.45) is 2.00. The second-order valence-electron chi connectivity index (χ2n) is 11.8. The lowest BCUT2D eigenvalue weighted by Crippen LogP contribution is -2.13. The van der Waals surface area contributed by atoms with E-state index >= 15 is 0 Å². The molecule has 0 spiro atoms. The summed E-state index contributed by atoms with van der Waals surface area (Å²) in [7, 11) is 0. The first-order chi connectivity index (χ1) is 22.3. The van der Waals surface area contributed by atoms with Gasteiger partial charge in [0.2, 0.25) is 0 Å². The van der Waals surface area contributed by atoms with Crippen molar-refractivity contribution in [1.82, 2.24) is 9.38 Å². The Kier molecular flexibility index (Phi) is 4.87. The smallest absolute Gasteiger partial charge is 0.263 e. The number of nitrogens with zero attached hydrogens (tertiary/aromatic N) is 2. The van der Waals surface area contributed by atoms with Gasteiger partial charge in [-0.25, -0.2) is 0 Å². The minimum atomic E-state index is -0.00910. The van der Waals surface area contributed by atoms with Gasteiger partial charge in [-0.1, -0.05) is 121 Å². The van der Waals surface area contributed by atoms with Gasteiger partial charge in [-0.3, -0.25) is 14.2 Å². The number of hydrogen-bond acceptors (Lipinski definition) is 2. The lowest BCUT2D eigenvalue weighted by molar-refractivity contribution is 1.20. The molecule has 208 valence electrons. The van der Waals surface area contributed by atoms with Gasteiger partial charge >= 0.3 is 0 Å². The molecule has 0 aliphatic heterocycles. The van der Waals surface area contributed by atoms with E-state index in [-0.39, 0.29) is 5.56 Å². The van der Waals surface area contributed by atoms with Crippen molar-refractivity contribution in [3.8, 4) is 22.3 Å². The van der Waals surface area contributed by atoms with Gasteiger partial charge < -0.3 is 0 Å². The Morgan fingerprint density at radius 1 is 0.444 bits per heavy atom. The maximum Gasteiger partial charge on any atom is 0.263 e. The van der Waals surface area contributed by atoms with Crippen molar-refractivity contribution in [2.45, 2.75) is 0 Å². The van der Waals surface area contributed by atoms with Crippen LogP contribution in [0.2, 0.25) is 0 Å². The molecule has 0 fully saturated rings. The zero-order chi connectivity index (χ0) is 29.6. The third kappa shape index (κ3) is 3.24. The fraction of sp³-hybridized carbons (Fsp3) is 0. The normalized spacial score (nSPS) is 12.1. The Labute approximate surface area is 257 Å². The number of pyridine rings is 2. The Morgan fingerprint density at radius 2 is 0.978 bits per heavy atom. The van der Waals surface area contributed by atoms with Crippen LogP contribution in [0.1, 0.15) is 0 Å². The molecule has 10 aromatic rings. The van der Waals surface area contributed by atoms with E-state index in [2.05, 4.69) is 103 Å². The molecule has 3 heterocycles. The monoisotopic (exact) mass is 572 g/mol. The molecule has 0 aliphatic carbocycles. The quantitative estimate of drug-likeness (QED) is 0.193. The van der Waals surface area contributed by atoms with E-state index in [0.717, 1.165) is 55.0 Å². The summed E-state index contributed by atoms with van der Waals surface area (Å²) < 4.78 is 1.87. The molecule has 10 rings (SSSR count). The van der Waals surface area contributed by atoms with Crippen LogP contribution in [0.15, 0.2) is 151 Å². The lowest BCUT2D eigenvalue weighted by Gasteiger charge is -2.15. The minimum absolute atomic E-state index is 0.00910. The van der Waals surface area contributed by atoms with Gasteiger partial charge in [0.1, 0.15) is 0 Å². The van der Waals surface area contributed by atoms with Gasteiger partial charge in [0, 0.05) is 33.3 Å². The molecule has 45 heavy (non-hydrogen) atoms. The number of rotatable bonds is 2. The number of aromatic nitrogens is 2. The van der Waals surface area contributed by atoms with E-state index in [9.17, 15) is 4.79 Å². The van der Waals surface area contributed by atoms with Crippen molar-refractivity contribution in [2.24, 2.45) is 0 Å². The summed E-state index contributed by atoms with van der Waals surface area (Å²) >= 11 is 0. The molecule has 0 atom stereocenters. The number of hydrogen-bond donors (Lipinski definition) is 0. The Hall–Kier alpha value is -6.06. The molecule has 3 heteroatoms. The zero-order valence-corrected chi connectivity index (χ0v) is 24.2. The molecule has 0 saturated carbocycles. The van der Waals surface area contributed by atoms with Crippen LogP contribution >= 0.6 is 0 Å². The third-order valence-electron chi connectivity index (χ3n) is 9.58. The zero-order valence-electron chi connectivity index (χ0n) is 24.2. The SMILES string of the molecule is O=c1c2ccccc2c2ncc(-c3ccccc3-c3ccc4c5ccccc5c5ccccc5c4c3)c3c4ccccc4n1c23. The summed E-state index contributed by atoms with van der Waals surface area (Å²) in [5.74, 6) is 0. The van der Waals surface area contributed by atoms with Crippen LogP contribution in [0.3, 0.4) is 0 Å². The first-order valence-corrected chi connectivity index (χ1v) is 15.3. The molecule has 0 unspecified atom stereocenters. The van der Waals surface area contributed by atoms with Crippen LogP contribution in [0.5, 0.6) is 0 Å². The third-order valence-corrected chi connectivity index (χ3v) is 9.58. The van der Waals surface area contributed by atoms with Crippen LogP contribution in [-0.4, -0.2) is 9.38 Å². The predicted molar refractivity (Wildman–Crippen MR) is 189 cm³/mol. The predicted octanol–water partition coefficient (Wildman–Crippen LogP) is 10.4. The molecule has 7 aromatic carbocycles. The molecule has 0 radical (unpaired) electrons.